The standard InChI is InChI=1S/C31H50ClN7O7/c1-30(2,3)46-29(44)33-22-11-9-7-5-6-8-10-19-16-31(19,28(42)43)34-26(40)23-15-20(17-38(23)27(22)41)39-36-25(35-37-39)18-12-13-24(45-4)21(32)14-18/h8,10,18-25,35-37H,5-7,9,11-17H2,1-4H3,(H,33,44)(H,34,40)(H,42,43)/b10-8-/t18?,19-,20?,21?,22-,23+,24?,25?,31+/m1/s1. The van der Waals surface area contributed by atoms with Crippen LogP contribution in [0.25, 0.3) is 0 Å². The van der Waals surface area contributed by atoms with Crippen LogP contribution in [0.2, 0.25) is 0 Å². The van der Waals surface area contributed by atoms with Crippen molar-refractivity contribution in [3.05, 3.63) is 12.2 Å². The van der Waals surface area contributed by atoms with E-state index >= 15 is 0 Å². The van der Waals surface area contributed by atoms with Gasteiger partial charge in [0.25, 0.3) is 0 Å². The average molecular weight is 668 g/mol. The van der Waals surface area contributed by atoms with Crippen molar-refractivity contribution >= 4 is 35.5 Å². The van der Waals surface area contributed by atoms with E-state index in [4.69, 9.17) is 21.1 Å². The molecule has 3 amide bonds. The summed E-state index contributed by atoms with van der Waals surface area (Å²) in [6.45, 7) is 5.43. The number of rotatable bonds is 5. The van der Waals surface area contributed by atoms with Gasteiger partial charge in [0, 0.05) is 19.6 Å². The molecule has 46 heavy (non-hydrogen) atoms. The van der Waals surface area contributed by atoms with Crippen molar-refractivity contribution in [2.24, 2.45) is 11.8 Å². The number of hydrazine groups is 3. The molecule has 0 radical (unpaired) electrons. The minimum absolute atomic E-state index is 0.0176. The predicted molar refractivity (Wildman–Crippen MR) is 169 cm³/mol. The van der Waals surface area contributed by atoms with Gasteiger partial charge in [0.15, 0.2) is 0 Å². The van der Waals surface area contributed by atoms with Gasteiger partial charge in [-0.1, -0.05) is 25.0 Å². The van der Waals surface area contributed by atoms with Gasteiger partial charge < -0.3 is 30.1 Å². The molecular formula is C31H50ClN7O7. The minimum Gasteiger partial charge on any atom is -0.479 e. The quantitative estimate of drug-likeness (QED) is 0.187. The second-order valence-corrected chi connectivity index (χ2v) is 14.9. The van der Waals surface area contributed by atoms with E-state index in [2.05, 4.69) is 27.0 Å². The highest BCUT2D eigenvalue weighted by atomic mass is 35.5. The lowest BCUT2D eigenvalue weighted by atomic mass is 9.85. The smallest absolute Gasteiger partial charge is 0.408 e. The molecule has 0 spiro atoms. The molecule has 2 saturated carbocycles. The number of carbonyl (C=O) groups is 4. The molecule has 6 N–H and O–H groups in total. The Labute approximate surface area is 275 Å². The van der Waals surface area contributed by atoms with E-state index in [9.17, 15) is 24.3 Å². The Balaban J connectivity index is 1.35. The Morgan fingerprint density at radius 3 is 2.61 bits per heavy atom. The highest BCUT2D eigenvalue weighted by Crippen LogP contribution is 2.45. The monoisotopic (exact) mass is 667 g/mol. The van der Waals surface area contributed by atoms with Crippen LogP contribution < -0.4 is 27.0 Å². The number of ether oxygens (including phenoxy) is 2. The number of alkyl halides is 1. The van der Waals surface area contributed by atoms with Crippen molar-refractivity contribution in [2.45, 2.75) is 132 Å². The number of nitrogens with zero attached hydrogens (tertiary/aromatic N) is 2. The number of allylic oxidation sites excluding steroid dienone is 1. The summed E-state index contributed by atoms with van der Waals surface area (Å²) in [7, 11) is 1.68. The third kappa shape index (κ3) is 7.96. The van der Waals surface area contributed by atoms with Gasteiger partial charge in [-0.15, -0.1) is 11.6 Å². The fourth-order valence-corrected chi connectivity index (χ4v) is 7.63. The lowest BCUT2D eigenvalue weighted by molar-refractivity contribution is -0.145. The molecule has 0 aromatic heterocycles. The molecule has 14 nitrogen and oxygen atoms in total. The van der Waals surface area contributed by atoms with Gasteiger partial charge in [-0.05, 0) is 78.1 Å². The van der Waals surface area contributed by atoms with Crippen LogP contribution >= 0.6 is 11.6 Å². The number of hydrogen-bond donors (Lipinski definition) is 6. The van der Waals surface area contributed by atoms with E-state index in [0.29, 0.717) is 19.3 Å². The number of halogens is 1. The van der Waals surface area contributed by atoms with E-state index in [-0.39, 0.29) is 48.5 Å². The van der Waals surface area contributed by atoms with Crippen LogP contribution in [0.4, 0.5) is 4.79 Å². The molecular weight excluding hydrogens is 618 g/mol. The van der Waals surface area contributed by atoms with Crippen LogP contribution in [0.15, 0.2) is 12.2 Å². The summed E-state index contributed by atoms with van der Waals surface area (Å²) in [6.07, 6.45) is 9.61. The van der Waals surface area contributed by atoms with Crippen LogP contribution in [0, 0.1) is 11.8 Å². The molecule has 4 fully saturated rings. The van der Waals surface area contributed by atoms with E-state index in [0.717, 1.165) is 38.5 Å². The molecule has 258 valence electrons. The Hall–Kier alpha value is -2.49. The average Bonchev–Trinajstić information content (AvgIpc) is 3.31. The number of fused-ring (bicyclic) bond motifs is 2. The van der Waals surface area contributed by atoms with Crippen LogP contribution in [0.1, 0.15) is 85.0 Å². The van der Waals surface area contributed by atoms with Crippen molar-refractivity contribution in [2.75, 3.05) is 13.7 Å². The van der Waals surface area contributed by atoms with Crippen LogP contribution in [-0.2, 0) is 23.9 Å². The van der Waals surface area contributed by atoms with E-state index in [1.807, 2.05) is 12.2 Å². The van der Waals surface area contributed by atoms with Crippen molar-refractivity contribution < 1.29 is 33.8 Å². The summed E-state index contributed by atoms with van der Waals surface area (Å²) in [5.74, 6) is -2.10. The Kier molecular flexibility index (Phi) is 10.8. The van der Waals surface area contributed by atoms with Crippen molar-refractivity contribution in [1.29, 1.82) is 0 Å². The minimum atomic E-state index is -1.40. The van der Waals surface area contributed by atoms with Gasteiger partial charge in [0.2, 0.25) is 11.8 Å². The Morgan fingerprint density at radius 2 is 1.91 bits per heavy atom. The summed E-state index contributed by atoms with van der Waals surface area (Å²) in [6, 6.07) is -2.19. The predicted octanol–water partition coefficient (Wildman–Crippen LogP) is 1.91. The van der Waals surface area contributed by atoms with Gasteiger partial charge in [0.1, 0.15) is 23.2 Å². The number of carboxylic acid groups (broad SMARTS) is 1. The van der Waals surface area contributed by atoms with Crippen LogP contribution in [-0.4, -0.2) is 99.6 Å². The number of alkyl carbamates (subject to hydrolysis) is 1. The molecule has 0 aromatic carbocycles. The number of carboxylic acids is 1. The molecule has 5 rings (SSSR count). The second-order valence-electron chi connectivity index (χ2n) is 14.3. The molecule has 3 heterocycles. The summed E-state index contributed by atoms with van der Waals surface area (Å²) in [5, 5.41) is 17.4. The second kappa shape index (κ2) is 14.3. The third-order valence-corrected chi connectivity index (χ3v) is 10.3. The Bertz CT molecular complexity index is 1180. The van der Waals surface area contributed by atoms with Gasteiger partial charge in [-0.25, -0.2) is 20.4 Å². The number of methoxy groups -OCH3 is 1. The molecule has 5 aliphatic rings. The molecule has 9 atom stereocenters. The lowest BCUT2D eigenvalue weighted by Gasteiger charge is -2.34. The van der Waals surface area contributed by atoms with Gasteiger partial charge in [0.05, 0.1) is 23.7 Å². The number of carbonyl (C=O) groups excluding carboxylic acids is 3. The number of hydrogen-bond acceptors (Lipinski definition) is 10. The fourth-order valence-electron chi connectivity index (χ4n) is 7.17. The Morgan fingerprint density at radius 1 is 1.13 bits per heavy atom. The first-order chi connectivity index (χ1) is 21.8. The maximum atomic E-state index is 14.2. The molecule has 5 unspecified atom stereocenters. The normalized spacial score (nSPS) is 38.5. The molecule has 2 saturated heterocycles. The van der Waals surface area contributed by atoms with E-state index in [1.165, 1.54) is 4.90 Å². The molecule has 15 heteroatoms. The molecule has 3 aliphatic heterocycles. The number of aliphatic carboxylic acids is 1. The van der Waals surface area contributed by atoms with E-state index in [1.54, 1.807) is 33.0 Å². The van der Waals surface area contributed by atoms with Crippen LogP contribution in [0.5, 0.6) is 0 Å². The number of nitrogens with one attached hydrogen (secondary N) is 5. The van der Waals surface area contributed by atoms with Crippen molar-refractivity contribution in [1.82, 2.24) is 37.0 Å². The van der Waals surface area contributed by atoms with Gasteiger partial charge >= 0.3 is 12.1 Å². The summed E-state index contributed by atoms with van der Waals surface area (Å²) >= 11 is 6.59. The molecule has 0 bridgehead atoms. The number of amides is 3. The highest BCUT2D eigenvalue weighted by molar-refractivity contribution is 6.21. The first-order valence-corrected chi connectivity index (χ1v) is 17.0. The first-order valence-electron chi connectivity index (χ1n) is 16.6. The first kappa shape index (κ1) is 34.8. The van der Waals surface area contributed by atoms with Gasteiger partial charge in [-0.2, -0.15) is 10.7 Å². The zero-order chi connectivity index (χ0) is 33.2. The van der Waals surface area contributed by atoms with Crippen LogP contribution in [0.3, 0.4) is 0 Å². The third-order valence-electron chi connectivity index (χ3n) is 9.84. The maximum absolute atomic E-state index is 14.2. The summed E-state index contributed by atoms with van der Waals surface area (Å²) in [5.41, 5.74) is 7.76. The molecule has 0 aromatic rings. The van der Waals surface area contributed by atoms with E-state index < -0.39 is 47.1 Å². The van der Waals surface area contributed by atoms with Crippen molar-refractivity contribution in [3.8, 4) is 0 Å². The fraction of sp³-hybridized carbons (Fsp3) is 0.806. The maximum Gasteiger partial charge on any atom is 0.408 e. The molecule has 2 aliphatic carbocycles. The summed E-state index contributed by atoms with van der Waals surface area (Å²) < 4.78 is 11.0. The van der Waals surface area contributed by atoms with Crippen molar-refractivity contribution in [3.63, 3.8) is 0 Å². The SMILES string of the molecule is COC1CCC(C2NNN(C3C[C@H]4C(=O)N[C@@]5(C(=O)O)C[C@H]5/C=C\CCCCC[C@@H](NC(=O)OC(C)(C)C)C(=O)N4C3)N2)CC1Cl. The topological polar surface area (TPSA) is 174 Å². The zero-order valence-corrected chi connectivity index (χ0v) is 28.0. The lowest BCUT2D eigenvalue weighted by Crippen LogP contribution is -2.56. The summed E-state index contributed by atoms with van der Waals surface area (Å²) in [4.78, 5) is 54.8. The zero-order valence-electron chi connectivity index (χ0n) is 27.2. The highest BCUT2D eigenvalue weighted by Gasteiger charge is 2.61. The van der Waals surface area contributed by atoms with Gasteiger partial charge in [-0.3, -0.25) is 9.59 Å². The largest absolute Gasteiger partial charge is 0.479 e.